The van der Waals surface area contributed by atoms with E-state index in [1.807, 2.05) is 31.2 Å². The van der Waals surface area contributed by atoms with E-state index in [-0.39, 0.29) is 12.4 Å². The summed E-state index contributed by atoms with van der Waals surface area (Å²) in [5.74, 6) is 1.28. The van der Waals surface area contributed by atoms with Crippen molar-refractivity contribution in [3.05, 3.63) is 52.3 Å². The lowest BCUT2D eigenvalue weighted by molar-refractivity contribution is 0.219. The fraction of sp³-hybridized carbons (Fsp3) is 0.333. The average molecular weight is 392 g/mol. The van der Waals surface area contributed by atoms with Gasteiger partial charge in [0.05, 0.1) is 12.8 Å². The summed E-state index contributed by atoms with van der Waals surface area (Å²) in [6.45, 7) is 2.41. The lowest BCUT2D eigenvalue weighted by Crippen LogP contribution is -2.35. The quantitative estimate of drug-likeness (QED) is 0.679. The molecule has 0 radical (unpaired) electrons. The number of carbonyl (C=O) groups is 1. The van der Waals surface area contributed by atoms with Gasteiger partial charge in [0.15, 0.2) is 5.65 Å². The first kappa shape index (κ1) is 20.4. The summed E-state index contributed by atoms with van der Waals surface area (Å²) in [5.41, 5.74) is 1.53. The third-order valence-corrected chi connectivity index (χ3v) is 4.04. The summed E-state index contributed by atoms with van der Waals surface area (Å²) in [7, 11) is 4.77. The largest absolute Gasteiger partial charge is 0.493 e. The van der Waals surface area contributed by atoms with Crippen LogP contribution in [0.15, 0.2) is 35.3 Å². The fourth-order valence-electron chi connectivity index (χ4n) is 2.53. The van der Waals surface area contributed by atoms with Crippen LogP contribution in [0.1, 0.15) is 11.4 Å². The summed E-state index contributed by atoms with van der Waals surface area (Å²) in [6.07, 6.45) is 2.02. The summed E-state index contributed by atoms with van der Waals surface area (Å²) in [6, 6.07) is 7.33. The number of hydrogen-bond donors (Lipinski definition) is 0. The van der Waals surface area contributed by atoms with Crippen molar-refractivity contribution in [3.8, 4) is 5.75 Å². The third-order valence-electron chi connectivity index (χ3n) is 4.04. The first-order chi connectivity index (χ1) is 12.4. The lowest BCUT2D eigenvalue weighted by Gasteiger charge is -2.10. The lowest BCUT2D eigenvalue weighted by atomic mass is 10.2. The summed E-state index contributed by atoms with van der Waals surface area (Å²) < 4.78 is 8.11. The van der Waals surface area contributed by atoms with E-state index in [9.17, 15) is 9.59 Å². The number of aryl methyl sites for hydroxylation is 2. The summed E-state index contributed by atoms with van der Waals surface area (Å²) in [4.78, 5) is 34.7. The van der Waals surface area contributed by atoms with Crippen molar-refractivity contribution in [2.75, 3.05) is 20.7 Å². The van der Waals surface area contributed by atoms with E-state index in [2.05, 4.69) is 9.97 Å². The molecule has 144 valence electrons. The van der Waals surface area contributed by atoms with Gasteiger partial charge in [0.1, 0.15) is 17.1 Å². The number of benzene rings is 1. The molecule has 27 heavy (non-hydrogen) atoms. The zero-order chi connectivity index (χ0) is 18.8. The van der Waals surface area contributed by atoms with Gasteiger partial charge in [-0.3, -0.25) is 4.57 Å². The van der Waals surface area contributed by atoms with Crippen molar-refractivity contribution >= 4 is 29.6 Å². The SMILES string of the molecule is Cc1ccc(OCCc2ncc3c(n2)n(C(=O)N(C)C)c(=O)n3C)cc1.Cl. The monoisotopic (exact) mass is 391 g/mol. The van der Waals surface area contributed by atoms with Crippen molar-refractivity contribution in [2.45, 2.75) is 13.3 Å². The molecule has 8 nitrogen and oxygen atoms in total. The Morgan fingerprint density at radius 1 is 1.22 bits per heavy atom. The van der Waals surface area contributed by atoms with Crippen LogP contribution in [0, 0.1) is 6.92 Å². The van der Waals surface area contributed by atoms with Crippen LogP contribution in [-0.4, -0.2) is 50.7 Å². The Hall–Kier alpha value is -2.87. The van der Waals surface area contributed by atoms with Gasteiger partial charge in [0.25, 0.3) is 0 Å². The number of imidazole rings is 1. The van der Waals surface area contributed by atoms with Gasteiger partial charge >= 0.3 is 11.7 Å². The number of hydrogen-bond acceptors (Lipinski definition) is 5. The molecular weight excluding hydrogens is 370 g/mol. The molecule has 3 rings (SSSR count). The highest BCUT2D eigenvalue weighted by Gasteiger charge is 2.20. The standard InChI is InChI=1S/C18H21N5O3.ClH/c1-12-5-7-13(8-6-12)26-10-9-15-19-11-14-16(20-15)23(17(24)21(2)3)18(25)22(14)4;/h5-8,11H,9-10H2,1-4H3;1H. The zero-order valence-electron chi connectivity index (χ0n) is 15.7. The van der Waals surface area contributed by atoms with Gasteiger partial charge in [-0.2, -0.15) is 4.57 Å². The molecule has 0 saturated heterocycles. The number of amides is 1. The minimum absolute atomic E-state index is 0. The van der Waals surface area contributed by atoms with Crippen molar-refractivity contribution < 1.29 is 9.53 Å². The van der Waals surface area contributed by atoms with Gasteiger partial charge in [0, 0.05) is 27.6 Å². The van der Waals surface area contributed by atoms with Crippen LogP contribution in [0.5, 0.6) is 5.75 Å². The van der Waals surface area contributed by atoms with E-state index in [4.69, 9.17) is 4.74 Å². The topological polar surface area (TPSA) is 82.2 Å². The van der Waals surface area contributed by atoms with E-state index in [1.54, 1.807) is 27.3 Å². The molecule has 9 heteroatoms. The zero-order valence-corrected chi connectivity index (χ0v) is 16.5. The molecule has 0 spiro atoms. The molecule has 0 unspecified atom stereocenters. The highest BCUT2D eigenvalue weighted by atomic mass is 35.5. The molecule has 0 bridgehead atoms. The van der Waals surface area contributed by atoms with Crippen LogP contribution in [-0.2, 0) is 13.5 Å². The Labute approximate surface area is 162 Å². The highest BCUT2D eigenvalue weighted by Crippen LogP contribution is 2.13. The predicted octanol–water partition coefficient (Wildman–Crippen LogP) is 2.01. The van der Waals surface area contributed by atoms with Gasteiger partial charge in [-0.15, -0.1) is 12.4 Å². The molecule has 0 aliphatic heterocycles. The third kappa shape index (κ3) is 4.11. The normalized spacial score (nSPS) is 10.5. The molecule has 0 atom stereocenters. The Morgan fingerprint density at radius 3 is 2.52 bits per heavy atom. The number of aromatic nitrogens is 4. The fourth-order valence-corrected chi connectivity index (χ4v) is 2.53. The molecule has 2 heterocycles. The van der Waals surface area contributed by atoms with Gasteiger partial charge in [-0.1, -0.05) is 17.7 Å². The molecule has 0 aliphatic rings. The van der Waals surface area contributed by atoms with E-state index in [0.717, 1.165) is 10.3 Å². The van der Waals surface area contributed by atoms with Gasteiger partial charge in [-0.05, 0) is 19.1 Å². The Balaban J connectivity index is 0.00000261. The number of nitrogens with zero attached hydrogens (tertiary/aromatic N) is 5. The van der Waals surface area contributed by atoms with Crippen molar-refractivity contribution in [1.82, 2.24) is 24.0 Å². The van der Waals surface area contributed by atoms with Crippen LogP contribution >= 0.6 is 12.4 Å². The van der Waals surface area contributed by atoms with Gasteiger partial charge in [-0.25, -0.2) is 19.6 Å². The minimum atomic E-state index is -0.443. The predicted molar refractivity (Wildman–Crippen MR) is 105 cm³/mol. The number of ether oxygens (including phenoxy) is 1. The number of fused-ring (bicyclic) bond motifs is 1. The van der Waals surface area contributed by atoms with Gasteiger partial charge in [0.2, 0.25) is 0 Å². The van der Waals surface area contributed by atoms with Crippen LogP contribution in [0.25, 0.3) is 11.2 Å². The Morgan fingerprint density at radius 2 is 1.89 bits per heavy atom. The summed E-state index contributed by atoms with van der Waals surface area (Å²) >= 11 is 0. The Bertz CT molecular complexity index is 1010. The molecule has 1 aromatic carbocycles. The molecule has 0 aliphatic carbocycles. The van der Waals surface area contributed by atoms with Crippen LogP contribution < -0.4 is 10.4 Å². The maximum Gasteiger partial charge on any atom is 0.338 e. The second kappa shape index (κ2) is 8.22. The molecule has 3 aromatic rings. The van der Waals surface area contributed by atoms with E-state index >= 15 is 0 Å². The van der Waals surface area contributed by atoms with Crippen LogP contribution in [0.2, 0.25) is 0 Å². The van der Waals surface area contributed by atoms with E-state index in [1.165, 1.54) is 15.0 Å². The first-order valence-corrected chi connectivity index (χ1v) is 8.23. The molecule has 0 saturated carbocycles. The number of halogens is 1. The maximum absolute atomic E-state index is 12.4. The second-order valence-corrected chi connectivity index (χ2v) is 6.26. The second-order valence-electron chi connectivity index (χ2n) is 6.26. The van der Waals surface area contributed by atoms with Crippen molar-refractivity contribution in [2.24, 2.45) is 7.05 Å². The van der Waals surface area contributed by atoms with Crippen molar-refractivity contribution in [3.63, 3.8) is 0 Å². The van der Waals surface area contributed by atoms with Crippen molar-refractivity contribution in [1.29, 1.82) is 0 Å². The minimum Gasteiger partial charge on any atom is -0.493 e. The highest BCUT2D eigenvalue weighted by molar-refractivity contribution is 5.86. The van der Waals surface area contributed by atoms with Crippen LogP contribution in [0.4, 0.5) is 4.79 Å². The number of rotatable bonds is 4. The molecular formula is C18H22ClN5O3. The Kier molecular flexibility index (Phi) is 6.22. The molecule has 2 aromatic heterocycles. The van der Waals surface area contributed by atoms with Gasteiger partial charge < -0.3 is 9.64 Å². The van der Waals surface area contributed by atoms with E-state index in [0.29, 0.717) is 30.0 Å². The number of carbonyl (C=O) groups excluding carboxylic acids is 1. The molecule has 0 fully saturated rings. The summed E-state index contributed by atoms with van der Waals surface area (Å²) in [5, 5.41) is 0. The average Bonchev–Trinajstić information content (AvgIpc) is 2.86. The first-order valence-electron chi connectivity index (χ1n) is 8.23. The molecule has 0 N–H and O–H groups in total. The molecule has 1 amide bonds. The van der Waals surface area contributed by atoms with E-state index < -0.39 is 11.7 Å². The maximum atomic E-state index is 12.4. The smallest absolute Gasteiger partial charge is 0.338 e. The van der Waals surface area contributed by atoms with Crippen LogP contribution in [0.3, 0.4) is 0 Å².